The maximum atomic E-state index is 5.31. The van der Waals surface area contributed by atoms with Crippen molar-refractivity contribution in [2.24, 2.45) is 5.10 Å². The molecule has 0 bridgehead atoms. The van der Waals surface area contributed by atoms with E-state index in [2.05, 4.69) is 67.3 Å². The summed E-state index contributed by atoms with van der Waals surface area (Å²) < 4.78 is 2.12. The third-order valence-corrected chi connectivity index (χ3v) is 4.32. The van der Waals surface area contributed by atoms with Crippen molar-refractivity contribution in [1.82, 2.24) is 14.9 Å². The van der Waals surface area contributed by atoms with Gasteiger partial charge in [-0.1, -0.05) is 74.9 Å². The number of benzene rings is 2. The van der Waals surface area contributed by atoms with Crippen molar-refractivity contribution in [3.05, 3.63) is 70.0 Å². The molecule has 0 spiro atoms. The number of hydrogen-bond donors (Lipinski definition) is 1. The molecular weight excluding hydrogens is 328 g/mol. The van der Waals surface area contributed by atoms with Crippen molar-refractivity contribution in [1.29, 1.82) is 0 Å². The van der Waals surface area contributed by atoms with Gasteiger partial charge in [0.05, 0.1) is 6.21 Å². The third-order valence-electron chi connectivity index (χ3n) is 4.06. The van der Waals surface area contributed by atoms with Crippen LogP contribution in [0.3, 0.4) is 0 Å². The smallest absolute Gasteiger partial charge is 0.216 e. The van der Waals surface area contributed by atoms with Gasteiger partial charge in [-0.25, -0.2) is 5.10 Å². The molecule has 128 valence electrons. The lowest BCUT2D eigenvalue weighted by Gasteiger charge is -2.18. The van der Waals surface area contributed by atoms with Gasteiger partial charge in [0.2, 0.25) is 4.77 Å². The van der Waals surface area contributed by atoms with Gasteiger partial charge >= 0.3 is 0 Å². The molecule has 0 radical (unpaired) electrons. The molecule has 0 amide bonds. The van der Waals surface area contributed by atoms with E-state index in [1.54, 1.807) is 10.9 Å². The van der Waals surface area contributed by atoms with Gasteiger partial charge in [-0.3, -0.25) is 0 Å². The molecule has 1 N–H and O–H groups in total. The Morgan fingerprint density at radius 3 is 2.28 bits per heavy atom. The van der Waals surface area contributed by atoms with Crippen LogP contribution >= 0.6 is 12.2 Å². The van der Waals surface area contributed by atoms with E-state index in [0.29, 0.717) is 10.6 Å². The number of rotatable bonds is 3. The molecule has 3 aromatic rings. The average molecular weight is 350 g/mol. The van der Waals surface area contributed by atoms with Crippen LogP contribution in [0.2, 0.25) is 0 Å². The fourth-order valence-electron chi connectivity index (χ4n) is 2.48. The predicted octanol–water partition coefficient (Wildman–Crippen LogP) is 5.10. The second-order valence-corrected chi connectivity index (χ2v) is 7.53. The molecular formula is C20H22N4S. The summed E-state index contributed by atoms with van der Waals surface area (Å²) in [5, 5.41) is 11.6. The van der Waals surface area contributed by atoms with E-state index in [9.17, 15) is 0 Å². The highest BCUT2D eigenvalue weighted by atomic mass is 32.1. The first-order valence-corrected chi connectivity index (χ1v) is 8.65. The molecule has 0 aliphatic carbocycles. The van der Waals surface area contributed by atoms with Crippen LogP contribution in [0.5, 0.6) is 0 Å². The fourth-order valence-corrected chi connectivity index (χ4v) is 2.66. The van der Waals surface area contributed by atoms with Crippen molar-refractivity contribution >= 4 is 18.4 Å². The van der Waals surface area contributed by atoms with E-state index in [1.165, 1.54) is 11.1 Å². The normalized spacial score (nSPS) is 12.0. The molecule has 2 aromatic carbocycles. The van der Waals surface area contributed by atoms with Crippen LogP contribution < -0.4 is 0 Å². The maximum absolute atomic E-state index is 5.31. The number of nitrogens with zero attached hydrogens (tertiary/aromatic N) is 3. The minimum atomic E-state index is 0.140. The minimum Gasteiger partial charge on any atom is -0.250 e. The van der Waals surface area contributed by atoms with Crippen molar-refractivity contribution in [2.75, 3.05) is 0 Å². The molecule has 0 saturated heterocycles. The van der Waals surface area contributed by atoms with Gasteiger partial charge in [-0.2, -0.15) is 14.9 Å². The molecule has 4 nitrogen and oxygen atoms in total. The average Bonchev–Trinajstić information content (AvgIpc) is 2.94. The van der Waals surface area contributed by atoms with E-state index >= 15 is 0 Å². The Labute approximate surface area is 153 Å². The first-order valence-electron chi connectivity index (χ1n) is 8.24. The minimum absolute atomic E-state index is 0.140. The summed E-state index contributed by atoms with van der Waals surface area (Å²) in [4.78, 5) is 0. The van der Waals surface area contributed by atoms with Crippen molar-refractivity contribution in [3.8, 4) is 11.4 Å². The summed E-state index contributed by atoms with van der Waals surface area (Å²) in [6.07, 6.45) is 1.80. The monoisotopic (exact) mass is 350 g/mol. The molecule has 25 heavy (non-hydrogen) atoms. The molecule has 0 atom stereocenters. The molecule has 0 aliphatic heterocycles. The number of hydrogen-bond acceptors (Lipinski definition) is 3. The van der Waals surface area contributed by atoms with Crippen LogP contribution in [0.4, 0.5) is 0 Å². The second-order valence-electron chi connectivity index (χ2n) is 7.15. The summed E-state index contributed by atoms with van der Waals surface area (Å²) in [6, 6.07) is 16.5. The Bertz CT molecular complexity index is 939. The van der Waals surface area contributed by atoms with Gasteiger partial charge in [0, 0.05) is 5.56 Å². The quantitative estimate of drug-likeness (QED) is 0.528. The number of H-pyrrole nitrogens is 1. The molecule has 0 unspecified atom stereocenters. The van der Waals surface area contributed by atoms with Crippen molar-refractivity contribution in [2.45, 2.75) is 33.1 Å². The number of nitrogens with one attached hydrogen (secondary N) is 1. The van der Waals surface area contributed by atoms with Gasteiger partial charge in [0.15, 0.2) is 5.82 Å². The second kappa shape index (κ2) is 6.76. The summed E-state index contributed by atoms with van der Waals surface area (Å²) in [5.74, 6) is 0.701. The van der Waals surface area contributed by atoms with E-state index in [0.717, 1.165) is 11.1 Å². The van der Waals surface area contributed by atoms with E-state index < -0.39 is 0 Å². The van der Waals surface area contributed by atoms with Gasteiger partial charge in [0.25, 0.3) is 0 Å². The van der Waals surface area contributed by atoms with Gasteiger partial charge in [-0.05, 0) is 35.7 Å². The zero-order valence-electron chi connectivity index (χ0n) is 14.9. The zero-order valence-corrected chi connectivity index (χ0v) is 15.8. The summed E-state index contributed by atoms with van der Waals surface area (Å²) in [7, 11) is 0. The van der Waals surface area contributed by atoms with Crippen LogP contribution in [0, 0.1) is 11.7 Å². The van der Waals surface area contributed by atoms with E-state index in [-0.39, 0.29) is 5.41 Å². The standard InChI is InChI=1S/C20H22N4S/c1-14-5-9-16(10-6-14)18-22-23-19(25)24(18)21-13-15-7-11-17(12-8-15)20(2,3)4/h5-13H,1-4H3,(H,23,25). The van der Waals surface area contributed by atoms with Gasteiger partial charge in [0.1, 0.15) is 0 Å². The number of aromatic nitrogens is 3. The molecule has 0 fully saturated rings. The summed E-state index contributed by atoms with van der Waals surface area (Å²) >= 11 is 5.31. The maximum Gasteiger partial charge on any atom is 0.216 e. The lowest BCUT2D eigenvalue weighted by molar-refractivity contribution is 0.590. The Morgan fingerprint density at radius 2 is 1.68 bits per heavy atom. The highest BCUT2D eigenvalue weighted by molar-refractivity contribution is 7.71. The lowest BCUT2D eigenvalue weighted by atomic mass is 9.87. The Morgan fingerprint density at radius 1 is 1.04 bits per heavy atom. The molecule has 0 saturated carbocycles. The lowest BCUT2D eigenvalue weighted by Crippen LogP contribution is -2.10. The van der Waals surface area contributed by atoms with Gasteiger partial charge in [-0.15, -0.1) is 0 Å². The Kier molecular flexibility index (Phi) is 4.68. The fraction of sp³-hybridized carbons (Fsp3) is 0.250. The van der Waals surface area contributed by atoms with Crippen LogP contribution in [-0.2, 0) is 5.41 Å². The van der Waals surface area contributed by atoms with Crippen LogP contribution in [0.1, 0.15) is 37.5 Å². The van der Waals surface area contributed by atoms with E-state index in [1.807, 2.05) is 24.3 Å². The first-order chi connectivity index (χ1) is 11.8. The van der Waals surface area contributed by atoms with Crippen LogP contribution in [0.25, 0.3) is 11.4 Å². The van der Waals surface area contributed by atoms with Crippen molar-refractivity contribution in [3.63, 3.8) is 0 Å². The highest BCUT2D eigenvalue weighted by Gasteiger charge is 2.12. The first kappa shape index (κ1) is 17.3. The Hall–Kier alpha value is -2.53. The molecule has 1 aromatic heterocycles. The molecule has 5 heteroatoms. The molecule has 0 aliphatic rings. The number of aromatic amines is 1. The SMILES string of the molecule is Cc1ccc(-c2n[nH]c(=S)n2N=Cc2ccc(C(C)(C)C)cc2)cc1. The highest BCUT2D eigenvalue weighted by Crippen LogP contribution is 2.22. The topological polar surface area (TPSA) is 46.0 Å². The van der Waals surface area contributed by atoms with Gasteiger partial charge < -0.3 is 0 Å². The summed E-state index contributed by atoms with van der Waals surface area (Å²) in [5.41, 5.74) is 4.63. The van der Waals surface area contributed by atoms with Crippen molar-refractivity contribution < 1.29 is 0 Å². The largest absolute Gasteiger partial charge is 0.250 e. The molecule has 3 rings (SSSR count). The molecule has 1 heterocycles. The predicted molar refractivity (Wildman–Crippen MR) is 106 cm³/mol. The number of aryl methyl sites for hydroxylation is 1. The third kappa shape index (κ3) is 3.94. The van der Waals surface area contributed by atoms with E-state index in [4.69, 9.17) is 12.2 Å². The summed E-state index contributed by atoms with van der Waals surface area (Å²) in [6.45, 7) is 8.67. The Balaban J connectivity index is 1.90. The zero-order chi connectivity index (χ0) is 18.0. The van der Waals surface area contributed by atoms with Crippen LogP contribution in [0.15, 0.2) is 53.6 Å². The van der Waals surface area contributed by atoms with Crippen LogP contribution in [-0.4, -0.2) is 21.1 Å².